The van der Waals surface area contributed by atoms with E-state index in [1.165, 1.54) is 5.56 Å². The molecule has 0 aromatic heterocycles. The van der Waals surface area contributed by atoms with Crippen LogP contribution in [0.3, 0.4) is 0 Å². The second-order valence-electron chi connectivity index (χ2n) is 7.34. The smallest absolute Gasteiger partial charge is 0.317 e. The van der Waals surface area contributed by atoms with Gasteiger partial charge in [-0.05, 0) is 68.8 Å². The number of carbonyl (C=O) groups is 1. The summed E-state index contributed by atoms with van der Waals surface area (Å²) < 4.78 is 0. The Labute approximate surface area is 179 Å². The largest absolute Gasteiger partial charge is 0.480 e. The Morgan fingerprint density at radius 3 is 2.31 bits per heavy atom. The lowest BCUT2D eigenvalue weighted by atomic mass is 10.1. The average Bonchev–Trinajstić information content (AvgIpc) is 2.70. The Balaban J connectivity index is 1.87. The van der Waals surface area contributed by atoms with Crippen molar-refractivity contribution in [2.75, 3.05) is 65.4 Å². The molecule has 0 amide bonds. The number of isothiocyanates is 1. The summed E-state index contributed by atoms with van der Waals surface area (Å²) in [5.74, 6) is -0.756. The molecule has 3 N–H and O–H groups in total. The molecule has 1 heterocycles. The SMILES string of the molecule is O=C(O)CN1CCCN(CCc2ccc(N=C=S)cc2)CCNCCCNCC1. The molecule has 0 atom stereocenters. The van der Waals surface area contributed by atoms with Crippen LogP contribution in [0.25, 0.3) is 0 Å². The first-order valence-corrected chi connectivity index (χ1v) is 10.8. The van der Waals surface area contributed by atoms with Crippen molar-refractivity contribution in [3.05, 3.63) is 29.8 Å². The van der Waals surface area contributed by atoms with Crippen molar-refractivity contribution < 1.29 is 9.90 Å². The molecule has 160 valence electrons. The van der Waals surface area contributed by atoms with Crippen molar-refractivity contribution in [1.82, 2.24) is 20.4 Å². The van der Waals surface area contributed by atoms with Gasteiger partial charge in [0.2, 0.25) is 0 Å². The maximum absolute atomic E-state index is 11.1. The van der Waals surface area contributed by atoms with Crippen LogP contribution in [0.15, 0.2) is 29.3 Å². The van der Waals surface area contributed by atoms with Gasteiger partial charge in [0.1, 0.15) is 0 Å². The van der Waals surface area contributed by atoms with Gasteiger partial charge in [0, 0.05) is 39.3 Å². The molecule has 0 spiro atoms. The third-order valence-corrected chi connectivity index (χ3v) is 5.14. The van der Waals surface area contributed by atoms with Crippen molar-refractivity contribution in [2.24, 2.45) is 4.99 Å². The summed E-state index contributed by atoms with van der Waals surface area (Å²) in [6, 6.07) is 8.12. The molecule has 7 nitrogen and oxygen atoms in total. The van der Waals surface area contributed by atoms with Gasteiger partial charge in [-0.3, -0.25) is 9.69 Å². The first-order valence-electron chi connectivity index (χ1n) is 10.4. The summed E-state index contributed by atoms with van der Waals surface area (Å²) >= 11 is 4.64. The lowest BCUT2D eigenvalue weighted by molar-refractivity contribution is -0.138. The van der Waals surface area contributed by atoms with E-state index in [9.17, 15) is 4.79 Å². The topological polar surface area (TPSA) is 80.2 Å². The first-order chi connectivity index (χ1) is 14.2. The van der Waals surface area contributed by atoms with Gasteiger partial charge in [-0.25, -0.2) is 0 Å². The number of benzene rings is 1. The Morgan fingerprint density at radius 2 is 1.66 bits per heavy atom. The number of nitrogens with zero attached hydrogens (tertiary/aromatic N) is 3. The summed E-state index contributed by atoms with van der Waals surface area (Å²) in [7, 11) is 0. The predicted octanol–water partition coefficient (Wildman–Crippen LogP) is 1.63. The third-order valence-electron chi connectivity index (χ3n) is 5.05. The second kappa shape index (κ2) is 14.3. The highest BCUT2D eigenvalue weighted by Crippen LogP contribution is 2.13. The molecule has 29 heavy (non-hydrogen) atoms. The van der Waals surface area contributed by atoms with Gasteiger partial charge < -0.3 is 20.6 Å². The van der Waals surface area contributed by atoms with E-state index in [-0.39, 0.29) is 6.54 Å². The minimum atomic E-state index is -0.756. The van der Waals surface area contributed by atoms with Crippen molar-refractivity contribution in [1.29, 1.82) is 0 Å². The highest BCUT2D eigenvalue weighted by atomic mass is 32.1. The lowest BCUT2D eigenvalue weighted by Gasteiger charge is -2.26. The summed E-state index contributed by atoms with van der Waals surface area (Å²) in [5, 5.41) is 18.5. The molecule has 1 aliphatic heterocycles. The maximum atomic E-state index is 11.1. The summed E-state index contributed by atoms with van der Waals surface area (Å²) in [6.07, 6.45) is 3.02. The lowest BCUT2D eigenvalue weighted by Crippen LogP contribution is -2.40. The zero-order valence-corrected chi connectivity index (χ0v) is 17.9. The standard InChI is InChI=1S/C21H33N5O2S/c27-21(28)17-26-13-2-12-25(15-10-22-8-1-9-23-11-16-26)14-7-19-3-5-20(6-4-19)24-18-29/h3-6,22-23H,1-2,7-17H2,(H,27,28). The van der Waals surface area contributed by atoms with E-state index >= 15 is 0 Å². The van der Waals surface area contributed by atoms with E-state index in [2.05, 4.69) is 50.0 Å². The Bertz CT molecular complexity index is 649. The maximum Gasteiger partial charge on any atom is 0.317 e. The first kappa shape index (κ1) is 23.6. The molecule has 1 aromatic rings. The van der Waals surface area contributed by atoms with Crippen LogP contribution >= 0.6 is 12.2 Å². The van der Waals surface area contributed by atoms with Gasteiger partial charge in [-0.2, -0.15) is 4.99 Å². The molecule has 0 bridgehead atoms. The van der Waals surface area contributed by atoms with E-state index in [1.807, 2.05) is 17.0 Å². The van der Waals surface area contributed by atoms with Crippen LogP contribution in [0.5, 0.6) is 0 Å². The fourth-order valence-electron chi connectivity index (χ4n) is 3.45. The van der Waals surface area contributed by atoms with Gasteiger partial charge in [-0.15, -0.1) is 0 Å². The summed E-state index contributed by atoms with van der Waals surface area (Å²) in [4.78, 5) is 19.6. The van der Waals surface area contributed by atoms with Crippen LogP contribution in [-0.2, 0) is 11.2 Å². The minimum Gasteiger partial charge on any atom is -0.480 e. The van der Waals surface area contributed by atoms with Gasteiger partial charge in [0.05, 0.1) is 17.4 Å². The second-order valence-corrected chi connectivity index (χ2v) is 7.52. The van der Waals surface area contributed by atoms with Crippen molar-refractivity contribution in [3.8, 4) is 0 Å². The van der Waals surface area contributed by atoms with Crippen LogP contribution in [0, 0.1) is 0 Å². The highest BCUT2D eigenvalue weighted by molar-refractivity contribution is 7.78. The van der Waals surface area contributed by atoms with Crippen LogP contribution in [0.2, 0.25) is 0 Å². The zero-order chi connectivity index (χ0) is 20.7. The van der Waals surface area contributed by atoms with Gasteiger partial charge in [0.25, 0.3) is 0 Å². The van der Waals surface area contributed by atoms with Crippen molar-refractivity contribution >= 4 is 29.0 Å². The molecule has 2 rings (SSSR count). The number of carboxylic acid groups (broad SMARTS) is 1. The Kier molecular flexibility index (Phi) is 11.7. The molecule has 1 saturated heterocycles. The van der Waals surface area contributed by atoms with E-state index in [0.29, 0.717) is 0 Å². The molecule has 1 fully saturated rings. The van der Waals surface area contributed by atoms with Gasteiger partial charge in [-0.1, -0.05) is 12.1 Å². The number of nitrogens with one attached hydrogen (secondary N) is 2. The number of hydrogen-bond acceptors (Lipinski definition) is 7. The number of aliphatic imine (C=N–C) groups is 1. The third kappa shape index (κ3) is 10.6. The van der Waals surface area contributed by atoms with Crippen LogP contribution in [0.1, 0.15) is 18.4 Å². The number of carboxylic acids is 1. The number of aliphatic carboxylic acids is 1. The van der Waals surface area contributed by atoms with Crippen molar-refractivity contribution in [3.63, 3.8) is 0 Å². The molecule has 1 aromatic carbocycles. The Morgan fingerprint density at radius 1 is 1.00 bits per heavy atom. The number of rotatable bonds is 6. The average molecular weight is 420 g/mol. The summed E-state index contributed by atoms with van der Waals surface area (Å²) in [5.41, 5.74) is 2.11. The van der Waals surface area contributed by atoms with Gasteiger partial charge >= 0.3 is 5.97 Å². The van der Waals surface area contributed by atoms with Crippen LogP contribution in [0.4, 0.5) is 5.69 Å². The monoisotopic (exact) mass is 419 g/mol. The molecule has 8 heteroatoms. The molecule has 0 unspecified atom stereocenters. The fraction of sp³-hybridized carbons (Fsp3) is 0.619. The normalized spacial score (nSPS) is 18.5. The van der Waals surface area contributed by atoms with E-state index < -0.39 is 5.97 Å². The van der Waals surface area contributed by atoms with Crippen LogP contribution in [-0.4, -0.2) is 91.5 Å². The quantitative estimate of drug-likeness (QED) is 0.478. The predicted molar refractivity (Wildman–Crippen MR) is 120 cm³/mol. The molecule has 0 saturated carbocycles. The zero-order valence-electron chi connectivity index (χ0n) is 17.1. The highest BCUT2D eigenvalue weighted by Gasteiger charge is 2.11. The molecular formula is C21H33N5O2S. The molecule has 0 radical (unpaired) electrons. The van der Waals surface area contributed by atoms with E-state index in [1.54, 1.807) is 0 Å². The number of thiocarbonyl (C=S) groups is 1. The molecule has 0 aliphatic carbocycles. The fourth-order valence-corrected chi connectivity index (χ4v) is 3.56. The molecular weight excluding hydrogens is 386 g/mol. The minimum absolute atomic E-state index is 0.111. The van der Waals surface area contributed by atoms with Gasteiger partial charge in [0.15, 0.2) is 0 Å². The summed E-state index contributed by atoms with van der Waals surface area (Å²) in [6.45, 7) is 8.41. The Hall–Kier alpha value is -1.67. The van der Waals surface area contributed by atoms with E-state index in [4.69, 9.17) is 5.11 Å². The van der Waals surface area contributed by atoms with Crippen LogP contribution < -0.4 is 10.6 Å². The molecule has 1 aliphatic rings. The van der Waals surface area contributed by atoms with E-state index in [0.717, 1.165) is 83.9 Å². The van der Waals surface area contributed by atoms with Crippen molar-refractivity contribution in [2.45, 2.75) is 19.3 Å². The number of hydrogen-bond donors (Lipinski definition) is 3.